The van der Waals surface area contributed by atoms with Crippen LogP contribution < -0.4 is 5.32 Å². The zero-order valence-electron chi connectivity index (χ0n) is 11.1. The number of aromatic hydroxyl groups is 2. The maximum Gasteiger partial charge on any atom is 0.157 e. The van der Waals surface area contributed by atoms with Crippen LogP contribution in [-0.4, -0.2) is 16.3 Å². The average Bonchev–Trinajstić information content (AvgIpc) is 2.47. The summed E-state index contributed by atoms with van der Waals surface area (Å²) in [5.74, 6) is 0.356. The lowest BCUT2D eigenvalue weighted by Gasteiger charge is -2.39. The molecule has 3 heteroatoms. The molecule has 3 N–H and O–H groups in total. The number of fused-ring (bicyclic) bond motifs is 4. The van der Waals surface area contributed by atoms with E-state index >= 15 is 0 Å². The van der Waals surface area contributed by atoms with Crippen LogP contribution in [0.3, 0.4) is 0 Å². The minimum atomic E-state index is -0.0109. The highest BCUT2D eigenvalue weighted by Crippen LogP contribution is 2.43. The summed E-state index contributed by atoms with van der Waals surface area (Å²) in [6.07, 6.45) is 3.00. The van der Waals surface area contributed by atoms with E-state index in [1.165, 1.54) is 22.4 Å². The van der Waals surface area contributed by atoms with Crippen molar-refractivity contribution in [3.63, 3.8) is 0 Å². The van der Waals surface area contributed by atoms with Crippen molar-refractivity contribution < 1.29 is 10.2 Å². The molecule has 3 nitrogen and oxygen atoms in total. The second-order valence-electron chi connectivity index (χ2n) is 5.80. The number of hydrogen-bond donors (Lipinski definition) is 3. The summed E-state index contributed by atoms with van der Waals surface area (Å²) in [6, 6.07) is 12.3. The number of para-hydroxylation sites is 1. The predicted molar refractivity (Wildman–Crippen MR) is 78.4 cm³/mol. The highest BCUT2D eigenvalue weighted by atomic mass is 16.3. The van der Waals surface area contributed by atoms with Crippen molar-refractivity contribution >= 4 is 5.69 Å². The predicted octanol–water partition coefficient (Wildman–Crippen LogP) is 3.16. The lowest BCUT2D eigenvalue weighted by atomic mass is 9.74. The molecule has 0 aromatic heterocycles. The van der Waals surface area contributed by atoms with Crippen LogP contribution in [0.1, 0.15) is 29.0 Å². The largest absolute Gasteiger partial charge is 0.504 e. The van der Waals surface area contributed by atoms with Gasteiger partial charge in [-0.2, -0.15) is 0 Å². The van der Waals surface area contributed by atoms with E-state index in [1.807, 2.05) is 0 Å². The Balaban J connectivity index is 1.80. The van der Waals surface area contributed by atoms with E-state index in [9.17, 15) is 10.2 Å². The number of anilines is 1. The standard InChI is InChI=1S/C17H17NO2/c19-16-8-10-5-6-15-13(12(10)9-17(16)20)7-11-3-1-2-4-14(11)18-15/h1-4,8-9,13,15,18-20H,5-7H2/t13-,15-/m1/s1. The van der Waals surface area contributed by atoms with Gasteiger partial charge in [0.2, 0.25) is 0 Å². The number of rotatable bonds is 0. The molecule has 0 spiro atoms. The van der Waals surface area contributed by atoms with Gasteiger partial charge in [0.25, 0.3) is 0 Å². The number of hydrogen-bond acceptors (Lipinski definition) is 3. The van der Waals surface area contributed by atoms with Gasteiger partial charge < -0.3 is 15.5 Å². The first-order valence-electron chi connectivity index (χ1n) is 7.11. The monoisotopic (exact) mass is 267 g/mol. The van der Waals surface area contributed by atoms with Gasteiger partial charge >= 0.3 is 0 Å². The van der Waals surface area contributed by atoms with Gasteiger partial charge in [0.15, 0.2) is 11.5 Å². The minimum absolute atomic E-state index is 0.00799. The molecule has 1 aliphatic carbocycles. The van der Waals surface area contributed by atoms with Gasteiger partial charge in [0.05, 0.1) is 0 Å². The average molecular weight is 267 g/mol. The van der Waals surface area contributed by atoms with E-state index in [0.29, 0.717) is 12.0 Å². The van der Waals surface area contributed by atoms with Crippen molar-refractivity contribution in [2.45, 2.75) is 31.2 Å². The number of phenols is 2. The molecule has 0 bridgehead atoms. The highest BCUT2D eigenvalue weighted by molar-refractivity contribution is 5.58. The molecule has 0 amide bonds. The van der Waals surface area contributed by atoms with Gasteiger partial charge in [-0.15, -0.1) is 0 Å². The van der Waals surface area contributed by atoms with Gasteiger partial charge in [-0.1, -0.05) is 18.2 Å². The van der Waals surface area contributed by atoms with E-state index in [4.69, 9.17) is 0 Å². The number of benzene rings is 2. The van der Waals surface area contributed by atoms with Crippen LogP contribution in [0.2, 0.25) is 0 Å². The number of phenolic OH excluding ortho intramolecular Hbond substituents is 2. The van der Waals surface area contributed by atoms with Crippen LogP contribution >= 0.6 is 0 Å². The van der Waals surface area contributed by atoms with Crippen LogP contribution in [0.4, 0.5) is 5.69 Å². The van der Waals surface area contributed by atoms with E-state index in [2.05, 4.69) is 29.6 Å². The Hall–Kier alpha value is -2.16. The van der Waals surface area contributed by atoms with Crippen LogP contribution in [0.5, 0.6) is 11.5 Å². The van der Waals surface area contributed by atoms with Crippen molar-refractivity contribution in [3.05, 3.63) is 53.1 Å². The Kier molecular flexibility index (Phi) is 2.43. The molecule has 2 aromatic rings. The van der Waals surface area contributed by atoms with Gasteiger partial charge in [-0.05, 0) is 54.2 Å². The van der Waals surface area contributed by atoms with Crippen molar-refractivity contribution in [2.75, 3.05) is 5.32 Å². The number of nitrogens with one attached hydrogen (secondary N) is 1. The summed E-state index contributed by atoms with van der Waals surface area (Å²) in [5.41, 5.74) is 4.91. The second-order valence-corrected chi connectivity index (χ2v) is 5.80. The molecule has 0 saturated carbocycles. The molecule has 20 heavy (non-hydrogen) atoms. The van der Waals surface area contributed by atoms with Gasteiger partial charge in [-0.25, -0.2) is 0 Å². The molecule has 1 aliphatic heterocycles. The van der Waals surface area contributed by atoms with Crippen molar-refractivity contribution in [3.8, 4) is 11.5 Å². The molecule has 102 valence electrons. The maximum atomic E-state index is 9.79. The summed E-state index contributed by atoms with van der Waals surface area (Å²) in [6.45, 7) is 0. The quantitative estimate of drug-likeness (QED) is 0.643. The van der Waals surface area contributed by atoms with Gasteiger partial charge in [-0.3, -0.25) is 0 Å². The highest BCUT2D eigenvalue weighted by Gasteiger charge is 2.34. The summed E-state index contributed by atoms with van der Waals surface area (Å²) in [7, 11) is 0. The third-order valence-corrected chi connectivity index (χ3v) is 4.64. The summed E-state index contributed by atoms with van der Waals surface area (Å²) >= 11 is 0. The maximum absolute atomic E-state index is 9.79. The Bertz CT molecular complexity index is 681. The molecular weight excluding hydrogens is 250 g/mol. The molecule has 2 aromatic carbocycles. The fourth-order valence-electron chi connectivity index (χ4n) is 3.63. The van der Waals surface area contributed by atoms with Gasteiger partial charge in [0, 0.05) is 17.6 Å². The Labute approximate surface area is 117 Å². The third kappa shape index (κ3) is 1.66. The van der Waals surface area contributed by atoms with Gasteiger partial charge in [0.1, 0.15) is 0 Å². The van der Waals surface area contributed by atoms with E-state index < -0.39 is 0 Å². The zero-order chi connectivity index (χ0) is 13.7. The van der Waals surface area contributed by atoms with E-state index in [0.717, 1.165) is 19.3 Å². The SMILES string of the molecule is Oc1cc2c(cc1O)[C@H]1Cc3ccccc3N[C@@H]1CC2. The molecule has 0 fully saturated rings. The lowest BCUT2D eigenvalue weighted by Crippen LogP contribution is -2.37. The molecule has 1 heterocycles. The molecular formula is C17H17NO2. The van der Waals surface area contributed by atoms with Crippen molar-refractivity contribution in [1.29, 1.82) is 0 Å². The molecule has 0 unspecified atom stereocenters. The summed E-state index contributed by atoms with van der Waals surface area (Å²) < 4.78 is 0. The fourth-order valence-corrected chi connectivity index (χ4v) is 3.63. The third-order valence-electron chi connectivity index (χ3n) is 4.64. The topological polar surface area (TPSA) is 52.5 Å². The first-order chi connectivity index (χ1) is 9.72. The van der Waals surface area contributed by atoms with Crippen molar-refractivity contribution in [2.24, 2.45) is 0 Å². The normalized spacial score (nSPS) is 23.2. The Morgan fingerprint density at radius 1 is 1.00 bits per heavy atom. The van der Waals surface area contributed by atoms with Crippen molar-refractivity contribution in [1.82, 2.24) is 0 Å². The smallest absolute Gasteiger partial charge is 0.157 e. The molecule has 2 atom stereocenters. The van der Waals surface area contributed by atoms with E-state index in [-0.39, 0.29) is 11.5 Å². The summed E-state index contributed by atoms with van der Waals surface area (Å²) in [4.78, 5) is 0. The second kappa shape index (κ2) is 4.17. The molecule has 4 rings (SSSR count). The van der Waals surface area contributed by atoms with Crippen LogP contribution in [-0.2, 0) is 12.8 Å². The first-order valence-corrected chi connectivity index (χ1v) is 7.11. The van der Waals surface area contributed by atoms with Crippen LogP contribution in [0.15, 0.2) is 36.4 Å². The fraction of sp³-hybridized carbons (Fsp3) is 0.294. The Morgan fingerprint density at radius 2 is 1.80 bits per heavy atom. The van der Waals surface area contributed by atoms with Crippen LogP contribution in [0.25, 0.3) is 0 Å². The molecule has 0 saturated heterocycles. The molecule has 2 aliphatic rings. The van der Waals surface area contributed by atoms with Crippen LogP contribution in [0, 0.1) is 0 Å². The minimum Gasteiger partial charge on any atom is -0.504 e. The Morgan fingerprint density at radius 3 is 2.70 bits per heavy atom. The zero-order valence-corrected chi connectivity index (χ0v) is 11.1. The lowest BCUT2D eigenvalue weighted by molar-refractivity contribution is 0.397. The van der Waals surface area contributed by atoms with E-state index in [1.54, 1.807) is 12.1 Å². The number of aryl methyl sites for hydroxylation is 1. The summed E-state index contributed by atoms with van der Waals surface area (Å²) in [5, 5.41) is 23.1. The first kappa shape index (κ1) is 11.6. The molecule has 0 radical (unpaired) electrons.